The number of alkyl halides is 3. The van der Waals surface area contributed by atoms with Crippen LogP contribution in [0.5, 0.6) is 0 Å². The second-order valence-electron chi connectivity index (χ2n) is 3.02. The lowest BCUT2D eigenvalue weighted by molar-refractivity contribution is -0.129. The zero-order chi connectivity index (χ0) is 12.7. The smallest absolute Gasteiger partial charge is 0.377 e. The van der Waals surface area contributed by atoms with Gasteiger partial charge in [-0.25, -0.2) is 0 Å². The van der Waals surface area contributed by atoms with E-state index in [1.807, 2.05) is 0 Å². The van der Waals surface area contributed by atoms with Crippen molar-refractivity contribution in [3.8, 4) is 0 Å². The van der Waals surface area contributed by atoms with E-state index in [0.717, 1.165) is 0 Å². The molecule has 0 unspecified atom stereocenters. The molecule has 0 aliphatic rings. The predicted molar refractivity (Wildman–Crippen MR) is 59.6 cm³/mol. The van der Waals surface area contributed by atoms with Gasteiger partial charge in [0.05, 0.1) is 6.42 Å². The molecule has 0 bridgehead atoms. The summed E-state index contributed by atoms with van der Waals surface area (Å²) in [6.45, 7) is 0. The molecule has 8 heteroatoms. The number of hydrogen-bond donors (Lipinski definition) is 0. The molecular weight excluding hydrogens is 261 g/mol. The Hall–Kier alpha value is 0.237. The molecule has 0 aliphatic carbocycles. The molecule has 98 valence electrons. The molecule has 3 nitrogen and oxygen atoms in total. The predicted octanol–water partition coefficient (Wildman–Crippen LogP) is 2.55. The SMILES string of the molecule is CO[Si](CCSCCC(F)(F)F)(OC)OC. The molecule has 0 amide bonds. The molecule has 0 spiro atoms. The molecule has 0 fully saturated rings. The van der Waals surface area contributed by atoms with E-state index < -0.39 is 21.4 Å². The highest BCUT2D eigenvalue weighted by Gasteiger charge is 2.37. The van der Waals surface area contributed by atoms with E-state index >= 15 is 0 Å². The van der Waals surface area contributed by atoms with E-state index in [-0.39, 0.29) is 5.75 Å². The van der Waals surface area contributed by atoms with Crippen LogP contribution in [-0.4, -0.2) is 47.8 Å². The van der Waals surface area contributed by atoms with Crippen molar-refractivity contribution in [2.24, 2.45) is 0 Å². The summed E-state index contributed by atoms with van der Waals surface area (Å²) in [6.07, 6.45) is -4.84. The highest BCUT2D eigenvalue weighted by Crippen LogP contribution is 2.23. The largest absolute Gasteiger partial charge is 0.500 e. The Morgan fingerprint density at radius 3 is 1.88 bits per heavy atom. The van der Waals surface area contributed by atoms with Crippen LogP contribution in [-0.2, 0) is 13.3 Å². The highest BCUT2D eigenvalue weighted by atomic mass is 32.2. The minimum Gasteiger partial charge on any atom is -0.377 e. The van der Waals surface area contributed by atoms with Crippen molar-refractivity contribution >= 4 is 20.6 Å². The van der Waals surface area contributed by atoms with Crippen molar-refractivity contribution in [2.45, 2.75) is 18.6 Å². The Bertz CT molecular complexity index is 180. The lowest BCUT2D eigenvalue weighted by atomic mass is 10.5. The maximum absolute atomic E-state index is 11.8. The Labute approximate surface area is 99.0 Å². The molecule has 16 heavy (non-hydrogen) atoms. The zero-order valence-electron chi connectivity index (χ0n) is 9.60. The van der Waals surface area contributed by atoms with Gasteiger partial charge in [0.2, 0.25) is 0 Å². The number of halogens is 3. The summed E-state index contributed by atoms with van der Waals surface area (Å²) in [5.41, 5.74) is 0. The first kappa shape index (κ1) is 16.2. The molecule has 0 saturated carbocycles. The highest BCUT2D eigenvalue weighted by molar-refractivity contribution is 7.99. The van der Waals surface area contributed by atoms with E-state index in [1.54, 1.807) is 0 Å². The summed E-state index contributed by atoms with van der Waals surface area (Å²) in [4.78, 5) is 0. The maximum Gasteiger partial charge on any atom is 0.500 e. The van der Waals surface area contributed by atoms with E-state index in [9.17, 15) is 13.2 Å². The third-order valence-corrected chi connectivity index (χ3v) is 6.09. The Balaban J connectivity index is 3.71. The Morgan fingerprint density at radius 2 is 1.50 bits per heavy atom. The van der Waals surface area contributed by atoms with Crippen molar-refractivity contribution < 1.29 is 26.4 Å². The minimum atomic E-state index is -4.08. The average molecular weight is 278 g/mol. The molecule has 0 saturated heterocycles. The minimum absolute atomic E-state index is 0.0606. The fraction of sp³-hybridized carbons (Fsp3) is 1.00. The Morgan fingerprint density at radius 1 is 1.00 bits per heavy atom. The van der Waals surface area contributed by atoms with E-state index in [4.69, 9.17) is 13.3 Å². The second-order valence-corrected chi connectivity index (χ2v) is 7.34. The van der Waals surface area contributed by atoms with E-state index in [2.05, 4.69) is 0 Å². The molecule has 0 aromatic heterocycles. The van der Waals surface area contributed by atoms with Gasteiger partial charge in [0.1, 0.15) is 0 Å². The first-order chi connectivity index (χ1) is 7.39. The monoisotopic (exact) mass is 278 g/mol. The van der Waals surface area contributed by atoms with Gasteiger partial charge in [0, 0.05) is 33.1 Å². The van der Waals surface area contributed by atoms with Gasteiger partial charge in [-0.1, -0.05) is 0 Å². The van der Waals surface area contributed by atoms with Gasteiger partial charge < -0.3 is 13.3 Å². The van der Waals surface area contributed by atoms with Gasteiger partial charge in [0.25, 0.3) is 0 Å². The molecule has 0 N–H and O–H groups in total. The number of thioether (sulfide) groups is 1. The van der Waals surface area contributed by atoms with Crippen LogP contribution >= 0.6 is 11.8 Å². The molecule has 0 atom stereocenters. The molecule has 0 radical (unpaired) electrons. The van der Waals surface area contributed by atoms with Gasteiger partial charge in [-0.2, -0.15) is 24.9 Å². The van der Waals surface area contributed by atoms with Crippen molar-refractivity contribution in [2.75, 3.05) is 32.8 Å². The summed E-state index contributed by atoms with van der Waals surface area (Å²) in [7, 11) is 1.84. The summed E-state index contributed by atoms with van der Waals surface area (Å²) >= 11 is 1.23. The number of hydrogen-bond acceptors (Lipinski definition) is 4. The molecule has 0 aromatic carbocycles. The molecule has 0 heterocycles. The first-order valence-electron chi connectivity index (χ1n) is 4.69. The maximum atomic E-state index is 11.8. The van der Waals surface area contributed by atoms with Crippen LogP contribution < -0.4 is 0 Å². The van der Waals surface area contributed by atoms with E-state index in [0.29, 0.717) is 11.8 Å². The quantitative estimate of drug-likeness (QED) is 0.504. The lowest BCUT2D eigenvalue weighted by Crippen LogP contribution is -2.43. The number of rotatable bonds is 8. The summed E-state index contributed by atoms with van der Waals surface area (Å²) in [6, 6.07) is 0.513. The van der Waals surface area contributed by atoms with Crippen LogP contribution in [0.3, 0.4) is 0 Å². The summed E-state index contributed by atoms with van der Waals surface area (Å²) in [5, 5.41) is 0. The average Bonchev–Trinajstić information content (AvgIpc) is 2.23. The van der Waals surface area contributed by atoms with Gasteiger partial charge in [0.15, 0.2) is 0 Å². The van der Waals surface area contributed by atoms with Crippen molar-refractivity contribution in [1.82, 2.24) is 0 Å². The van der Waals surface area contributed by atoms with Gasteiger partial charge >= 0.3 is 15.0 Å². The fourth-order valence-electron chi connectivity index (χ4n) is 1.04. The molecule has 0 aromatic rings. The van der Waals surface area contributed by atoms with Crippen molar-refractivity contribution in [1.29, 1.82) is 0 Å². The molecule has 0 aliphatic heterocycles. The van der Waals surface area contributed by atoms with Gasteiger partial charge in [-0.3, -0.25) is 0 Å². The Kier molecular flexibility index (Phi) is 7.65. The topological polar surface area (TPSA) is 27.7 Å². The fourth-order valence-corrected chi connectivity index (χ4v) is 4.31. The van der Waals surface area contributed by atoms with Crippen LogP contribution in [0.15, 0.2) is 0 Å². The van der Waals surface area contributed by atoms with Gasteiger partial charge in [-0.05, 0) is 5.75 Å². The third-order valence-electron chi connectivity index (χ3n) is 2.02. The first-order valence-corrected chi connectivity index (χ1v) is 7.78. The van der Waals surface area contributed by atoms with Crippen LogP contribution in [0.1, 0.15) is 6.42 Å². The van der Waals surface area contributed by atoms with Crippen LogP contribution in [0, 0.1) is 0 Å². The summed E-state index contributed by atoms with van der Waals surface area (Å²) < 4.78 is 50.9. The normalized spacial score (nSPS) is 13.1. The zero-order valence-corrected chi connectivity index (χ0v) is 11.4. The van der Waals surface area contributed by atoms with Crippen molar-refractivity contribution in [3.05, 3.63) is 0 Å². The van der Waals surface area contributed by atoms with Crippen LogP contribution in [0.2, 0.25) is 6.04 Å². The summed E-state index contributed by atoms with van der Waals surface area (Å²) in [5.74, 6) is 0.600. The molecule has 0 rings (SSSR count). The van der Waals surface area contributed by atoms with Crippen LogP contribution in [0.25, 0.3) is 0 Å². The van der Waals surface area contributed by atoms with Gasteiger partial charge in [-0.15, -0.1) is 0 Å². The van der Waals surface area contributed by atoms with Crippen LogP contribution in [0.4, 0.5) is 13.2 Å². The lowest BCUT2D eigenvalue weighted by Gasteiger charge is -2.24. The second kappa shape index (κ2) is 7.54. The standard InChI is InChI=1S/C8H17F3O3SSi/c1-12-16(13-2,14-3)7-6-15-5-4-8(9,10)11/h4-7H2,1-3H3. The molecular formula is C8H17F3O3SSi. The van der Waals surface area contributed by atoms with Crippen molar-refractivity contribution in [3.63, 3.8) is 0 Å². The third kappa shape index (κ3) is 6.74. The van der Waals surface area contributed by atoms with E-state index in [1.165, 1.54) is 33.1 Å².